The van der Waals surface area contributed by atoms with Crippen molar-refractivity contribution in [1.29, 1.82) is 0 Å². The molecule has 1 aromatic heterocycles. The lowest BCUT2D eigenvalue weighted by atomic mass is 10.3. The number of thiocarbonyl (C=S) groups is 1. The molecule has 2 N–H and O–H groups in total. The van der Waals surface area contributed by atoms with Crippen molar-refractivity contribution in [2.45, 2.75) is 6.92 Å². The van der Waals surface area contributed by atoms with Gasteiger partial charge in [0.05, 0.1) is 0 Å². The van der Waals surface area contributed by atoms with Crippen molar-refractivity contribution in [2.24, 2.45) is 0 Å². The van der Waals surface area contributed by atoms with Gasteiger partial charge in [0.2, 0.25) is 0 Å². The second kappa shape index (κ2) is 5.55. The van der Waals surface area contributed by atoms with Crippen LogP contribution in [-0.4, -0.2) is 10.1 Å². The van der Waals surface area contributed by atoms with E-state index in [1.54, 1.807) is 18.3 Å². The molecular formula is C13H12FN3S. The number of aryl methyl sites for hydroxylation is 1. The van der Waals surface area contributed by atoms with Gasteiger partial charge in [-0.25, -0.2) is 9.37 Å². The van der Waals surface area contributed by atoms with Crippen LogP contribution in [0.2, 0.25) is 0 Å². The van der Waals surface area contributed by atoms with Crippen molar-refractivity contribution >= 4 is 28.8 Å². The number of rotatable bonds is 2. The lowest BCUT2D eigenvalue weighted by molar-refractivity contribution is 0.628. The summed E-state index contributed by atoms with van der Waals surface area (Å²) in [5.41, 5.74) is 1.67. The highest BCUT2D eigenvalue weighted by atomic mass is 32.1. The number of benzene rings is 1. The fourth-order valence-corrected chi connectivity index (χ4v) is 1.61. The van der Waals surface area contributed by atoms with E-state index in [0.717, 1.165) is 5.56 Å². The Morgan fingerprint density at radius 2 is 2.06 bits per heavy atom. The molecule has 3 nitrogen and oxygen atoms in total. The molecule has 0 atom stereocenters. The fourth-order valence-electron chi connectivity index (χ4n) is 1.39. The maximum absolute atomic E-state index is 13.0. The quantitative estimate of drug-likeness (QED) is 0.813. The van der Waals surface area contributed by atoms with Crippen LogP contribution in [0.3, 0.4) is 0 Å². The van der Waals surface area contributed by atoms with E-state index in [2.05, 4.69) is 15.6 Å². The largest absolute Gasteiger partial charge is 0.332 e. The van der Waals surface area contributed by atoms with Crippen LogP contribution in [0.15, 0.2) is 42.6 Å². The Kier molecular flexibility index (Phi) is 3.84. The van der Waals surface area contributed by atoms with Crippen LogP contribution in [0.25, 0.3) is 0 Å². The van der Waals surface area contributed by atoms with E-state index < -0.39 is 0 Å². The SMILES string of the molecule is Cc1ccc(NC(=S)Nc2cccc(F)c2)nc1. The van der Waals surface area contributed by atoms with E-state index in [4.69, 9.17) is 12.2 Å². The van der Waals surface area contributed by atoms with Crippen LogP contribution in [0.4, 0.5) is 15.9 Å². The predicted molar refractivity (Wildman–Crippen MR) is 75.2 cm³/mol. The highest BCUT2D eigenvalue weighted by Crippen LogP contribution is 2.10. The number of aromatic nitrogens is 1. The third-order valence-electron chi connectivity index (χ3n) is 2.24. The van der Waals surface area contributed by atoms with Gasteiger partial charge in [0.15, 0.2) is 5.11 Å². The minimum Gasteiger partial charge on any atom is -0.332 e. The topological polar surface area (TPSA) is 37.0 Å². The first-order chi connectivity index (χ1) is 8.63. The summed E-state index contributed by atoms with van der Waals surface area (Å²) in [5, 5.41) is 6.18. The van der Waals surface area contributed by atoms with Gasteiger partial charge in [-0.15, -0.1) is 0 Å². The average molecular weight is 261 g/mol. The molecule has 5 heteroatoms. The number of hydrogen-bond acceptors (Lipinski definition) is 2. The molecule has 0 spiro atoms. The summed E-state index contributed by atoms with van der Waals surface area (Å²) < 4.78 is 13.0. The summed E-state index contributed by atoms with van der Waals surface area (Å²) in [4.78, 5) is 4.16. The summed E-state index contributed by atoms with van der Waals surface area (Å²) in [6.45, 7) is 1.96. The number of anilines is 2. The molecule has 0 unspecified atom stereocenters. The first-order valence-electron chi connectivity index (χ1n) is 5.40. The summed E-state index contributed by atoms with van der Waals surface area (Å²) in [6, 6.07) is 9.86. The second-order valence-corrected chi connectivity index (χ2v) is 4.22. The molecule has 0 fully saturated rings. The van der Waals surface area contributed by atoms with Crippen molar-refractivity contribution < 1.29 is 4.39 Å². The van der Waals surface area contributed by atoms with E-state index >= 15 is 0 Å². The average Bonchev–Trinajstić information content (AvgIpc) is 2.32. The van der Waals surface area contributed by atoms with Crippen molar-refractivity contribution in [1.82, 2.24) is 4.98 Å². The van der Waals surface area contributed by atoms with E-state index in [0.29, 0.717) is 16.6 Å². The van der Waals surface area contributed by atoms with E-state index in [1.165, 1.54) is 12.1 Å². The van der Waals surface area contributed by atoms with E-state index in [9.17, 15) is 4.39 Å². The van der Waals surface area contributed by atoms with Crippen molar-refractivity contribution in [3.63, 3.8) is 0 Å². The molecular weight excluding hydrogens is 249 g/mol. The molecule has 0 radical (unpaired) electrons. The zero-order chi connectivity index (χ0) is 13.0. The van der Waals surface area contributed by atoms with Gasteiger partial charge in [0.1, 0.15) is 11.6 Å². The number of nitrogens with zero attached hydrogens (tertiary/aromatic N) is 1. The van der Waals surface area contributed by atoms with Crippen LogP contribution in [0, 0.1) is 12.7 Å². The predicted octanol–water partition coefficient (Wildman–Crippen LogP) is 3.34. The Hall–Kier alpha value is -2.01. The summed E-state index contributed by atoms with van der Waals surface area (Å²) in [6.07, 6.45) is 1.74. The van der Waals surface area contributed by atoms with E-state index in [-0.39, 0.29) is 5.82 Å². The van der Waals surface area contributed by atoms with Gasteiger partial charge >= 0.3 is 0 Å². The van der Waals surface area contributed by atoms with Crippen LogP contribution in [-0.2, 0) is 0 Å². The second-order valence-electron chi connectivity index (χ2n) is 3.81. The number of nitrogens with one attached hydrogen (secondary N) is 2. The van der Waals surface area contributed by atoms with Crippen LogP contribution in [0.1, 0.15) is 5.56 Å². The molecule has 0 saturated heterocycles. The Bertz CT molecular complexity index is 554. The van der Waals surface area contributed by atoms with Crippen molar-refractivity contribution in [3.8, 4) is 0 Å². The summed E-state index contributed by atoms with van der Waals surface area (Å²) >= 11 is 5.11. The zero-order valence-corrected chi connectivity index (χ0v) is 10.6. The molecule has 0 aliphatic carbocycles. The Labute approximate surface area is 110 Å². The molecule has 2 rings (SSSR count). The van der Waals surface area contributed by atoms with Gasteiger partial charge in [0, 0.05) is 11.9 Å². The first-order valence-corrected chi connectivity index (χ1v) is 5.80. The monoisotopic (exact) mass is 261 g/mol. The van der Waals surface area contributed by atoms with Gasteiger partial charge in [-0.1, -0.05) is 12.1 Å². The lowest BCUT2D eigenvalue weighted by Gasteiger charge is -2.09. The standard InChI is InChI=1S/C13H12FN3S/c1-9-5-6-12(15-8-9)17-13(18)16-11-4-2-3-10(14)7-11/h2-8H,1H3,(H2,15,16,17,18). The van der Waals surface area contributed by atoms with Crippen LogP contribution < -0.4 is 10.6 Å². The number of hydrogen-bond donors (Lipinski definition) is 2. The molecule has 18 heavy (non-hydrogen) atoms. The Morgan fingerprint density at radius 3 is 2.72 bits per heavy atom. The lowest BCUT2D eigenvalue weighted by Crippen LogP contribution is -2.19. The first kappa shape index (κ1) is 12.4. The number of pyridine rings is 1. The smallest absolute Gasteiger partial charge is 0.176 e. The highest BCUT2D eigenvalue weighted by Gasteiger charge is 2.00. The normalized spacial score (nSPS) is 9.89. The Balaban J connectivity index is 1.98. The van der Waals surface area contributed by atoms with Gasteiger partial charge in [-0.3, -0.25) is 0 Å². The number of halogens is 1. The molecule has 1 heterocycles. The Morgan fingerprint density at radius 1 is 1.22 bits per heavy atom. The van der Waals surface area contributed by atoms with Gasteiger partial charge in [-0.05, 0) is 49.0 Å². The molecule has 0 bridgehead atoms. The summed E-state index contributed by atoms with van der Waals surface area (Å²) in [5.74, 6) is 0.339. The van der Waals surface area contributed by atoms with Crippen LogP contribution in [0.5, 0.6) is 0 Å². The molecule has 2 aromatic rings. The molecule has 1 aromatic carbocycles. The third-order valence-corrected chi connectivity index (χ3v) is 2.44. The molecule has 0 aliphatic heterocycles. The minimum absolute atomic E-state index is 0.309. The maximum Gasteiger partial charge on any atom is 0.176 e. The van der Waals surface area contributed by atoms with Crippen molar-refractivity contribution in [2.75, 3.05) is 10.6 Å². The third kappa shape index (κ3) is 3.49. The minimum atomic E-state index is -0.309. The maximum atomic E-state index is 13.0. The van der Waals surface area contributed by atoms with Crippen molar-refractivity contribution in [3.05, 3.63) is 54.0 Å². The van der Waals surface area contributed by atoms with Gasteiger partial charge in [-0.2, -0.15) is 0 Å². The van der Waals surface area contributed by atoms with E-state index in [1.807, 2.05) is 19.1 Å². The molecule has 0 aliphatic rings. The summed E-state index contributed by atoms with van der Waals surface area (Å²) in [7, 11) is 0. The molecule has 0 amide bonds. The fraction of sp³-hybridized carbons (Fsp3) is 0.0769. The molecule has 92 valence electrons. The van der Waals surface area contributed by atoms with Gasteiger partial charge < -0.3 is 10.6 Å². The van der Waals surface area contributed by atoms with Crippen LogP contribution >= 0.6 is 12.2 Å². The van der Waals surface area contributed by atoms with Gasteiger partial charge in [0.25, 0.3) is 0 Å². The highest BCUT2D eigenvalue weighted by molar-refractivity contribution is 7.80. The molecule has 0 saturated carbocycles. The zero-order valence-electron chi connectivity index (χ0n) is 9.77.